The fourth-order valence-corrected chi connectivity index (χ4v) is 0.558. The van der Waals surface area contributed by atoms with Gasteiger partial charge in [0.2, 0.25) is 6.23 Å². The first kappa shape index (κ1) is 10.9. The molecular weight excluding hydrogens is 162 g/mol. The van der Waals surface area contributed by atoms with Crippen LogP contribution in [0.2, 0.25) is 0 Å². The number of esters is 2. The van der Waals surface area contributed by atoms with Gasteiger partial charge in [0, 0.05) is 0 Å². The van der Waals surface area contributed by atoms with Crippen LogP contribution in [0.15, 0.2) is 0 Å². The van der Waals surface area contributed by atoms with E-state index in [2.05, 4.69) is 9.47 Å². The standard InChI is InChI=1S/C5H7NO4.C2H6/c1-2-4(7)10-3(6)5(8)9-2;1-2/h2-3H,6H2,1H3;1-2H3/t2-,3?;/m1./s1. The summed E-state index contributed by atoms with van der Waals surface area (Å²) < 4.78 is 8.85. The van der Waals surface area contributed by atoms with Gasteiger partial charge in [0.15, 0.2) is 6.10 Å². The van der Waals surface area contributed by atoms with Gasteiger partial charge >= 0.3 is 11.9 Å². The van der Waals surface area contributed by atoms with Gasteiger partial charge in [0.05, 0.1) is 0 Å². The fourth-order valence-electron chi connectivity index (χ4n) is 0.558. The number of cyclic esters (lactones) is 2. The van der Waals surface area contributed by atoms with E-state index < -0.39 is 24.3 Å². The SMILES string of the molecule is CC.C[C@H]1OC(=O)C(N)OC1=O. The number of hydrogen-bond acceptors (Lipinski definition) is 5. The van der Waals surface area contributed by atoms with Gasteiger partial charge in [0.25, 0.3) is 0 Å². The number of nitrogens with two attached hydrogens (primary N) is 1. The predicted octanol–water partition coefficient (Wildman–Crippen LogP) is -0.214. The van der Waals surface area contributed by atoms with Crippen molar-refractivity contribution < 1.29 is 19.1 Å². The van der Waals surface area contributed by atoms with Crippen molar-refractivity contribution in [3.05, 3.63) is 0 Å². The smallest absolute Gasteiger partial charge is 0.363 e. The maximum absolute atomic E-state index is 10.6. The van der Waals surface area contributed by atoms with Crippen LogP contribution in [0.4, 0.5) is 0 Å². The van der Waals surface area contributed by atoms with Crippen LogP contribution < -0.4 is 5.73 Å². The zero-order valence-corrected chi connectivity index (χ0v) is 7.37. The Morgan fingerprint density at radius 1 is 1.17 bits per heavy atom. The lowest BCUT2D eigenvalue weighted by atomic mass is 10.4. The average Bonchev–Trinajstić information content (AvgIpc) is 2.05. The minimum Gasteiger partial charge on any atom is -0.447 e. The summed E-state index contributed by atoms with van der Waals surface area (Å²) in [5.74, 6) is -1.31. The summed E-state index contributed by atoms with van der Waals surface area (Å²) in [7, 11) is 0. The molecule has 12 heavy (non-hydrogen) atoms. The van der Waals surface area contributed by atoms with Gasteiger partial charge in [-0.3, -0.25) is 5.73 Å². The molecule has 1 aliphatic rings. The largest absolute Gasteiger partial charge is 0.447 e. The maximum Gasteiger partial charge on any atom is 0.363 e. The Kier molecular flexibility index (Phi) is 4.28. The summed E-state index contributed by atoms with van der Waals surface area (Å²) in [6.45, 7) is 5.42. The quantitative estimate of drug-likeness (QED) is 0.515. The van der Waals surface area contributed by atoms with E-state index in [-0.39, 0.29) is 0 Å². The second kappa shape index (κ2) is 4.71. The Morgan fingerprint density at radius 2 is 1.67 bits per heavy atom. The molecule has 0 bridgehead atoms. The molecule has 5 heteroatoms. The van der Waals surface area contributed by atoms with Crippen molar-refractivity contribution >= 4 is 11.9 Å². The van der Waals surface area contributed by atoms with Gasteiger partial charge in [-0.05, 0) is 6.92 Å². The molecule has 1 fully saturated rings. The fraction of sp³-hybridized carbons (Fsp3) is 0.714. The third-order valence-electron chi connectivity index (χ3n) is 1.10. The van der Waals surface area contributed by atoms with Crippen molar-refractivity contribution in [1.82, 2.24) is 0 Å². The van der Waals surface area contributed by atoms with Crippen LogP contribution in [0.5, 0.6) is 0 Å². The molecular formula is C7H13NO4. The molecule has 5 nitrogen and oxygen atoms in total. The minimum atomic E-state index is -1.25. The van der Waals surface area contributed by atoms with E-state index in [0.29, 0.717) is 0 Å². The summed E-state index contributed by atoms with van der Waals surface area (Å²) in [5, 5.41) is 0. The van der Waals surface area contributed by atoms with Gasteiger partial charge in [0.1, 0.15) is 0 Å². The van der Waals surface area contributed by atoms with E-state index in [1.165, 1.54) is 6.92 Å². The molecule has 0 aromatic carbocycles. The zero-order chi connectivity index (χ0) is 9.72. The first-order chi connectivity index (χ1) is 5.61. The normalized spacial score (nSPS) is 28.0. The highest BCUT2D eigenvalue weighted by Crippen LogP contribution is 2.05. The molecule has 0 aromatic rings. The molecule has 70 valence electrons. The molecule has 0 aliphatic carbocycles. The molecule has 1 saturated heterocycles. The summed E-state index contributed by atoms with van der Waals surface area (Å²) >= 11 is 0. The van der Waals surface area contributed by atoms with E-state index >= 15 is 0 Å². The lowest BCUT2D eigenvalue weighted by molar-refractivity contribution is -0.192. The van der Waals surface area contributed by atoms with Crippen LogP contribution >= 0.6 is 0 Å². The number of carbonyl (C=O) groups excluding carboxylic acids is 2. The molecule has 0 aromatic heterocycles. The van der Waals surface area contributed by atoms with E-state index in [0.717, 1.165) is 0 Å². The molecule has 0 radical (unpaired) electrons. The summed E-state index contributed by atoms with van der Waals surface area (Å²) in [6.07, 6.45) is -2.07. The average molecular weight is 175 g/mol. The molecule has 1 rings (SSSR count). The van der Waals surface area contributed by atoms with E-state index in [1.54, 1.807) is 0 Å². The number of rotatable bonds is 0. The van der Waals surface area contributed by atoms with Crippen LogP contribution in [0.25, 0.3) is 0 Å². The monoisotopic (exact) mass is 175 g/mol. The Morgan fingerprint density at radius 3 is 2.08 bits per heavy atom. The highest BCUT2D eigenvalue weighted by atomic mass is 16.7. The molecule has 2 N–H and O–H groups in total. The van der Waals surface area contributed by atoms with Gasteiger partial charge in [-0.2, -0.15) is 0 Å². The lowest BCUT2D eigenvalue weighted by Crippen LogP contribution is -2.47. The molecule has 1 heterocycles. The van der Waals surface area contributed by atoms with Crippen molar-refractivity contribution in [2.75, 3.05) is 0 Å². The molecule has 0 spiro atoms. The van der Waals surface area contributed by atoms with Crippen LogP contribution in [-0.2, 0) is 19.1 Å². The first-order valence-electron chi connectivity index (χ1n) is 3.78. The van der Waals surface area contributed by atoms with Gasteiger partial charge in [-0.1, -0.05) is 13.8 Å². The van der Waals surface area contributed by atoms with Crippen LogP contribution in [0.3, 0.4) is 0 Å². The molecule has 1 unspecified atom stereocenters. The predicted molar refractivity (Wildman–Crippen MR) is 41.0 cm³/mol. The Balaban J connectivity index is 0.000000561. The number of carbonyl (C=O) groups is 2. The van der Waals surface area contributed by atoms with Crippen LogP contribution in [0.1, 0.15) is 20.8 Å². The van der Waals surface area contributed by atoms with Crippen molar-refractivity contribution in [2.24, 2.45) is 5.73 Å². The van der Waals surface area contributed by atoms with Gasteiger partial charge in [-0.15, -0.1) is 0 Å². The van der Waals surface area contributed by atoms with Gasteiger partial charge in [-0.25, -0.2) is 9.59 Å². The van der Waals surface area contributed by atoms with Crippen molar-refractivity contribution in [3.8, 4) is 0 Å². The zero-order valence-electron chi connectivity index (χ0n) is 7.37. The van der Waals surface area contributed by atoms with Crippen LogP contribution in [-0.4, -0.2) is 24.3 Å². The molecule has 2 atom stereocenters. The minimum absolute atomic E-state index is 0.605. The van der Waals surface area contributed by atoms with Crippen LogP contribution in [0, 0.1) is 0 Å². The maximum atomic E-state index is 10.6. The molecule has 0 saturated carbocycles. The van der Waals surface area contributed by atoms with E-state index in [4.69, 9.17) is 5.73 Å². The lowest BCUT2D eigenvalue weighted by Gasteiger charge is -2.22. The number of hydrogen-bond donors (Lipinski definition) is 1. The summed E-state index contributed by atoms with van der Waals surface area (Å²) in [4.78, 5) is 21.1. The van der Waals surface area contributed by atoms with Crippen molar-refractivity contribution in [3.63, 3.8) is 0 Å². The molecule has 0 amide bonds. The Bertz CT molecular complexity index is 160. The third kappa shape index (κ3) is 2.50. The highest BCUT2D eigenvalue weighted by Gasteiger charge is 2.32. The Hall–Kier alpha value is -1.10. The summed E-state index contributed by atoms with van der Waals surface area (Å²) in [6, 6.07) is 0. The second-order valence-electron chi connectivity index (χ2n) is 1.94. The highest BCUT2D eigenvalue weighted by molar-refractivity contribution is 5.86. The van der Waals surface area contributed by atoms with Crippen molar-refractivity contribution in [1.29, 1.82) is 0 Å². The second-order valence-corrected chi connectivity index (χ2v) is 1.94. The summed E-state index contributed by atoms with van der Waals surface area (Å²) in [5.41, 5.74) is 5.01. The van der Waals surface area contributed by atoms with E-state index in [9.17, 15) is 9.59 Å². The Labute approximate surface area is 70.8 Å². The topological polar surface area (TPSA) is 78.6 Å². The first-order valence-corrected chi connectivity index (χ1v) is 3.78. The third-order valence-corrected chi connectivity index (χ3v) is 1.10. The van der Waals surface area contributed by atoms with Crippen molar-refractivity contribution in [2.45, 2.75) is 33.1 Å². The van der Waals surface area contributed by atoms with E-state index in [1.807, 2.05) is 13.8 Å². The number of ether oxygens (including phenoxy) is 2. The van der Waals surface area contributed by atoms with Gasteiger partial charge < -0.3 is 9.47 Å². The molecule has 1 aliphatic heterocycles.